The van der Waals surface area contributed by atoms with Crippen LogP contribution in [0.1, 0.15) is 30.5 Å². The number of rotatable bonds is 4. The molecular formula is C19H18N4O2S. The molecule has 1 saturated heterocycles. The molecule has 1 fully saturated rings. The molecule has 0 amide bonds. The Morgan fingerprint density at radius 2 is 2.12 bits per heavy atom. The SMILES string of the molecule is c1csc(-c2noc(CN3CCCC(c4nc5ccccc5o4)C3)n2)c1. The summed E-state index contributed by atoms with van der Waals surface area (Å²) in [5.74, 6) is 2.46. The number of fused-ring (bicyclic) bond motifs is 1. The van der Waals surface area contributed by atoms with Gasteiger partial charge in [-0.1, -0.05) is 23.4 Å². The van der Waals surface area contributed by atoms with Gasteiger partial charge in [0.2, 0.25) is 11.7 Å². The van der Waals surface area contributed by atoms with E-state index in [2.05, 4.69) is 20.0 Å². The Kier molecular flexibility index (Phi) is 4.03. The van der Waals surface area contributed by atoms with Gasteiger partial charge in [0, 0.05) is 12.5 Å². The molecule has 3 aromatic heterocycles. The second-order valence-corrected chi connectivity index (χ2v) is 7.53. The number of para-hydroxylation sites is 2. The molecule has 0 radical (unpaired) electrons. The van der Waals surface area contributed by atoms with Crippen LogP contribution in [0.4, 0.5) is 0 Å². The van der Waals surface area contributed by atoms with Gasteiger partial charge in [0.25, 0.3) is 0 Å². The molecule has 132 valence electrons. The van der Waals surface area contributed by atoms with Crippen molar-refractivity contribution >= 4 is 22.4 Å². The van der Waals surface area contributed by atoms with Gasteiger partial charge < -0.3 is 8.94 Å². The third kappa shape index (κ3) is 3.04. The summed E-state index contributed by atoms with van der Waals surface area (Å²) in [6.45, 7) is 2.58. The van der Waals surface area contributed by atoms with Crippen LogP contribution in [0.15, 0.2) is 50.7 Å². The Bertz CT molecular complexity index is 975. The second kappa shape index (κ2) is 6.66. The molecule has 1 unspecified atom stereocenters. The van der Waals surface area contributed by atoms with Crippen molar-refractivity contribution in [2.24, 2.45) is 0 Å². The molecular weight excluding hydrogens is 348 g/mol. The number of benzene rings is 1. The largest absolute Gasteiger partial charge is 0.440 e. The first-order chi connectivity index (χ1) is 12.8. The van der Waals surface area contributed by atoms with Crippen molar-refractivity contribution in [3.8, 4) is 10.7 Å². The van der Waals surface area contributed by atoms with E-state index in [1.54, 1.807) is 11.3 Å². The summed E-state index contributed by atoms with van der Waals surface area (Å²) >= 11 is 1.62. The van der Waals surface area contributed by atoms with E-state index in [1.807, 2.05) is 41.8 Å². The van der Waals surface area contributed by atoms with E-state index in [-0.39, 0.29) is 0 Å². The highest BCUT2D eigenvalue weighted by Crippen LogP contribution is 2.30. The zero-order valence-corrected chi connectivity index (χ0v) is 15.0. The molecule has 0 bridgehead atoms. The fraction of sp³-hybridized carbons (Fsp3) is 0.316. The number of oxazole rings is 1. The Hall–Kier alpha value is -2.51. The molecule has 0 N–H and O–H groups in total. The fourth-order valence-corrected chi connectivity index (χ4v) is 4.13. The lowest BCUT2D eigenvalue weighted by Crippen LogP contribution is -2.34. The molecule has 6 nitrogen and oxygen atoms in total. The molecule has 0 aliphatic carbocycles. The van der Waals surface area contributed by atoms with E-state index < -0.39 is 0 Å². The smallest absolute Gasteiger partial charge is 0.241 e. The highest BCUT2D eigenvalue weighted by molar-refractivity contribution is 7.13. The van der Waals surface area contributed by atoms with Gasteiger partial charge in [0.1, 0.15) is 5.52 Å². The van der Waals surface area contributed by atoms with Gasteiger partial charge in [-0.25, -0.2) is 4.98 Å². The van der Waals surface area contributed by atoms with Crippen molar-refractivity contribution in [1.29, 1.82) is 0 Å². The number of nitrogens with zero attached hydrogens (tertiary/aromatic N) is 4. The number of aromatic nitrogens is 3. The number of piperidine rings is 1. The molecule has 0 saturated carbocycles. The molecule has 1 aliphatic rings. The van der Waals surface area contributed by atoms with Crippen LogP contribution < -0.4 is 0 Å². The maximum absolute atomic E-state index is 5.97. The van der Waals surface area contributed by atoms with Gasteiger partial charge >= 0.3 is 0 Å². The van der Waals surface area contributed by atoms with E-state index in [0.29, 0.717) is 24.2 Å². The molecule has 7 heteroatoms. The van der Waals surface area contributed by atoms with Crippen LogP contribution in [0.5, 0.6) is 0 Å². The maximum atomic E-state index is 5.97. The lowest BCUT2D eigenvalue weighted by atomic mass is 9.98. The van der Waals surface area contributed by atoms with Gasteiger partial charge in [-0.2, -0.15) is 4.98 Å². The summed E-state index contributed by atoms with van der Waals surface area (Å²) in [4.78, 5) is 12.6. The Morgan fingerprint density at radius 1 is 1.15 bits per heavy atom. The van der Waals surface area contributed by atoms with Crippen LogP contribution >= 0.6 is 11.3 Å². The van der Waals surface area contributed by atoms with E-state index in [0.717, 1.165) is 47.8 Å². The van der Waals surface area contributed by atoms with Crippen molar-refractivity contribution in [2.75, 3.05) is 13.1 Å². The summed E-state index contributed by atoms with van der Waals surface area (Å²) in [5.41, 5.74) is 1.79. The van der Waals surface area contributed by atoms with Crippen LogP contribution in [-0.4, -0.2) is 33.1 Å². The summed E-state index contributed by atoms with van der Waals surface area (Å²) in [7, 11) is 0. The summed E-state index contributed by atoms with van der Waals surface area (Å²) in [6.07, 6.45) is 2.20. The first kappa shape index (κ1) is 15.7. The van der Waals surface area contributed by atoms with Crippen molar-refractivity contribution < 1.29 is 8.94 Å². The number of hydrogen-bond donors (Lipinski definition) is 0. The zero-order valence-electron chi connectivity index (χ0n) is 14.2. The molecule has 26 heavy (non-hydrogen) atoms. The Balaban J connectivity index is 1.30. The van der Waals surface area contributed by atoms with Crippen molar-refractivity contribution in [1.82, 2.24) is 20.0 Å². The van der Waals surface area contributed by atoms with E-state index in [1.165, 1.54) is 0 Å². The van der Waals surface area contributed by atoms with Crippen molar-refractivity contribution in [2.45, 2.75) is 25.3 Å². The monoisotopic (exact) mass is 366 g/mol. The van der Waals surface area contributed by atoms with Crippen LogP contribution in [0.3, 0.4) is 0 Å². The summed E-state index contributed by atoms with van der Waals surface area (Å²) < 4.78 is 11.4. The molecule has 0 spiro atoms. The lowest BCUT2D eigenvalue weighted by molar-refractivity contribution is 0.167. The van der Waals surface area contributed by atoms with Crippen LogP contribution in [-0.2, 0) is 6.54 Å². The summed E-state index contributed by atoms with van der Waals surface area (Å²) in [6, 6.07) is 11.9. The van der Waals surface area contributed by atoms with E-state index >= 15 is 0 Å². The molecule has 5 rings (SSSR count). The first-order valence-corrected chi connectivity index (χ1v) is 9.67. The van der Waals surface area contributed by atoms with Gasteiger partial charge in [0.05, 0.1) is 11.4 Å². The quantitative estimate of drug-likeness (QED) is 0.536. The molecule has 1 aliphatic heterocycles. The maximum Gasteiger partial charge on any atom is 0.241 e. The first-order valence-electron chi connectivity index (χ1n) is 8.79. The molecule has 4 aromatic rings. The van der Waals surface area contributed by atoms with Crippen LogP contribution in [0.25, 0.3) is 21.8 Å². The minimum absolute atomic E-state index is 0.302. The van der Waals surface area contributed by atoms with Gasteiger partial charge in [-0.3, -0.25) is 4.90 Å². The normalized spacial score (nSPS) is 18.5. The predicted octanol–water partition coefficient (Wildman–Crippen LogP) is 4.32. The van der Waals surface area contributed by atoms with E-state index in [9.17, 15) is 0 Å². The van der Waals surface area contributed by atoms with Gasteiger partial charge in [-0.05, 0) is 43.0 Å². The fourth-order valence-electron chi connectivity index (χ4n) is 3.48. The third-order valence-corrected chi connectivity index (χ3v) is 5.60. The number of thiophene rings is 1. The zero-order chi connectivity index (χ0) is 17.3. The molecule has 1 atom stereocenters. The second-order valence-electron chi connectivity index (χ2n) is 6.58. The lowest BCUT2D eigenvalue weighted by Gasteiger charge is -2.29. The number of hydrogen-bond acceptors (Lipinski definition) is 7. The third-order valence-electron chi connectivity index (χ3n) is 4.73. The summed E-state index contributed by atoms with van der Waals surface area (Å²) in [5, 5.41) is 6.11. The highest BCUT2D eigenvalue weighted by Gasteiger charge is 2.26. The minimum Gasteiger partial charge on any atom is -0.440 e. The van der Waals surface area contributed by atoms with Crippen molar-refractivity contribution in [3.63, 3.8) is 0 Å². The molecule has 1 aromatic carbocycles. The van der Waals surface area contributed by atoms with Gasteiger partial charge in [0.15, 0.2) is 11.5 Å². The topological polar surface area (TPSA) is 68.2 Å². The highest BCUT2D eigenvalue weighted by atomic mass is 32.1. The standard InChI is InChI=1S/C19H18N4O2S/c1-2-7-15-14(6-1)20-19(24-15)13-5-3-9-23(11-13)12-17-21-18(22-25-17)16-8-4-10-26-16/h1-2,4,6-8,10,13H,3,5,9,11-12H2. The van der Waals surface area contributed by atoms with Crippen LogP contribution in [0.2, 0.25) is 0 Å². The predicted molar refractivity (Wildman–Crippen MR) is 98.9 cm³/mol. The van der Waals surface area contributed by atoms with E-state index in [4.69, 9.17) is 8.94 Å². The number of likely N-dealkylation sites (tertiary alicyclic amines) is 1. The van der Waals surface area contributed by atoms with Crippen LogP contribution in [0, 0.1) is 0 Å². The average molecular weight is 366 g/mol. The van der Waals surface area contributed by atoms with Crippen molar-refractivity contribution in [3.05, 3.63) is 53.6 Å². The molecule has 4 heterocycles. The van der Waals surface area contributed by atoms with Gasteiger partial charge in [-0.15, -0.1) is 11.3 Å². The minimum atomic E-state index is 0.302. The Labute approximate surface area is 154 Å². The average Bonchev–Trinajstić information content (AvgIpc) is 3.41. The Morgan fingerprint density at radius 3 is 3.00 bits per heavy atom.